The molecule has 1 aromatic rings. The van der Waals surface area contributed by atoms with Crippen molar-refractivity contribution in [3.63, 3.8) is 0 Å². The lowest BCUT2D eigenvalue weighted by Crippen LogP contribution is -2.19. The average molecular weight is 233 g/mol. The molecule has 0 saturated heterocycles. The number of hydrogen-bond acceptors (Lipinski definition) is 3. The van der Waals surface area contributed by atoms with Crippen LogP contribution in [0.2, 0.25) is 0 Å². The van der Waals surface area contributed by atoms with Gasteiger partial charge in [0.2, 0.25) is 0 Å². The lowest BCUT2D eigenvalue weighted by atomic mass is 10.2. The lowest BCUT2D eigenvalue weighted by Gasteiger charge is -2.20. The molecule has 0 fully saturated rings. The van der Waals surface area contributed by atoms with E-state index in [2.05, 4.69) is 36.2 Å². The molecule has 0 unspecified atom stereocenters. The van der Waals surface area contributed by atoms with Crippen LogP contribution in [0, 0.1) is 0 Å². The summed E-state index contributed by atoms with van der Waals surface area (Å²) < 4.78 is 11.1. The molecule has 0 spiro atoms. The number of hydrogen-bond donors (Lipinski definition) is 0. The van der Waals surface area contributed by atoms with E-state index >= 15 is 0 Å². The average Bonchev–Trinajstić information content (AvgIpc) is 2.36. The summed E-state index contributed by atoms with van der Waals surface area (Å²) >= 11 is 0. The Hall–Kier alpha value is -1.48. The minimum atomic E-state index is 0.644. The summed E-state index contributed by atoms with van der Waals surface area (Å²) in [6.45, 7) is 5.21. The Balaban J connectivity index is 2.01. The third-order valence-electron chi connectivity index (χ3n) is 2.71. The zero-order valence-electron chi connectivity index (χ0n) is 10.5. The molecule has 3 nitrogen and oxygen atoms in total. The molecule has 0 N–H and O–H groups in total. The van der Waals surface area contributed by atoms with Crippen LogP contribution in [0.3, 0.4) is 0 Å². The summed E-state index contributed by atoms with van der Waals surface area (Å²) in [6.07, 6.45) is 4.22. The lowest BCUT2D eigenvalue weighted by molar-refractivity contribution is 0.171. The van der Waals surface area contributed by atoms with Crippen molar-refractivity contribution in [3.05, 3.63) is 35.9 Å². The van der Waals surface area contributed by atoms with Gasteiger partial charge in [0.1, 0.15) is 13.2 Å². The number of rotatable bonds is 4. The van der Waals surface area contributed by atoms with Gasteiger partial charge in [-0.1, -0.05) is 18.2 Å². The van der Waals surface area contributed by atoms with Crippen molar-refractivity contribution in [1.82, 2.24) is 4.90 Å². The second kappa shape index (κ2) is 5.73. The van der Waals surface area contributed by atoms with Crippen molar-refractivity contribution in [3.8, 4) is 11.5 Å². The normalized spacial score (nSPS) is 14.5. The van der Waals surface area contributed by atoms with Crippen LogP contribution in [0.25, 0.3) is 0 Å². The second-order valence-electron chi connectivity index (χ2n) is 4.24. The number of benzene rings is 1. The van der Waals surface area contributed by atoms with E-state index in [0.29, 0.717) is 13.2 Å². The summed E-state index contributed by atoms with van der Waals surface area (Å²) in [5, 5.41) is 0. The van der Waals surface area contributed by atoms with Crippen LogP contribution in [0.5, 0.6) is 11.5 Å². The highest BCUT2D eigenvalue weighted by Gasteiger charge is 2.11. The van der Waals surface area contributed by atoms with Gasteiger partial charge in [-0.05, 0) is 31.7 Å². The van der Waals surface area contributed by atoms with Gasteiger partial charge in [0.15, 0.2) is 11.5 Å². The fourth-order valence-electron chi connectivity index (χ4n) is 1.85. The van der Waals surface area contributed by atoms with Gasteiger partial charge >= 0.3 is 0 Å². The number of ether oxygens (including phenoxy) is 2. The molecule has 0 aliphatic carbocycles. The zero-order chi connectivity index (χ0) is 12.1. The van der Waals surface area contributed by atoms with Crippen molar-refractivity contribution in [2.75, 3.05) is 26.8 Å². The smallest absolute Gasteiger partial charge is 0.161 e. The first kappa shape index (κ1) is 12.0. The van der Waals surface area contributed by atoms with Gasteiger partial charge in [0, 0.05) is 13.1 Å². The molecule has 0 aromatic heterocycles. The Morgan fingerprint density at radius 2 is 2.00 bits per heavy atom. The Labute approximate surface area is 103 Å². The van der Waals surface area contributed by atoms with E-state index in [1.807, 2.05) is 13.0 Å². The van der Waals surface area contributed by atoms with E-state index in [1.54, 1.807) is 0 Å². The van der Waals surface area contributed by atoms with Crippen LogP contribution in [-0.4, -0.2) is 31.7 Å². The Bertz CT molecular complexity index is 401. The first-order valence-electron chi connectivity index (χ1n) is 5.98. The zero-order valence-corrected chi connectivity index (χ0v) is 10.5. The maximum absolute atomic E-state index is 5.57. The molecule has 1 aliphatic rings. The molecule has 1 aromatic carbocycles. The van der Waals surface area contributed by atoms with E-state index in [4.69, 9.17) is 9.47 Å². The molecule has 3 heteroatoms. The Kier molecular flexibility index (Phi) is 4.04. The molecule has 0 saturated carbocycles. The van der Waals surface area contributed by atoms with Crippen molar-refractivity contribution in [2.45, 2.75) is 13.5 Å². The maximum Gasteiger partial charge on any atom is 0.161 e. The topological polar surface area (TPSA) is 21.7 Å². The van der Waals surface area contributed by atoms with E-state index in [-0.39, 0.29) is 0 Å². The first-order chi connectivity index (χ1) is 8.29. The minimum absolute atomic E-state index is 0.644. The third-order valence-corrected chi connectivity index (χ3v) is 2.71. The highest BCUT2D eigenvalue weighted by molar-refractivity contribution is 5.43. The molecular formula is C14H19NO2. The van der Waals surface area contributed by atoms with Crippen LogP contribution < -0.4 is 9.47 Å². The van der Waals surface area contributed by atoms with Crippen molar-refractivity contribution >= 4 is 0 Å². The SMILES string of the molecule is CC=CCN(C)Cc1ccc2c(c1)OCCO2. The van der Waals surface area contributed by atoms with Gasteiger partial charge in [-0.3, -0.25) is 4.90 Å². The largest absolute Gasteiger partial charge is 0.486 e. The van der Waals surface area contributed by atoms with Crippen LogP contribution >= 0.6 is 0 Å². The van der Waals surface area contributed by atoms with E-state index < -0.39 is 0 Å². The molecular weight excluding hydrogens is 214 g/mol. The summed E-state index contributed by atoms with van der Waals surface area (Å²) in [4.78, 5) is 2.26. The van der Waals surface area contributed by atoms with E-state index in [9.17, 15) is 0 Å². The highest BCUT2D eigenvalue weighted by Crippen LogP contribution is 2.30. The molecule has 0 atom stereocenters. The van der Waals surface area contributed by atoms with Gasteiger partial charge in [-0.2, -0.15) is 0 Å². The molecule has 92 valence electrons. The van der Waals surface area contributed by atoms with Gasteiger partial charge < -0.3 is 9.47 Å². The van der Waals surface area contributed by atoms with Gasteiger partial charge in [0.05, 0.1) is 0 Å². The number of fused-ring (bicyclic) bond motifs is 1. The van der Waals surface area contributed by atoms with Crippen molar-refractivity contribution in [2.24, 2.45) is 0 Å². The van der Waals surface area contributed by atoms with E-state index in [0.717, 1.165) is 24.6 Å². The van der Waals surface area contributed by atoms with Gasteiger partial charge in [0.25, 0.3) is 0 Å². The number of likely N-dealkylation sites (N-methyl/N-ethyl adjacent to an activating group) is 1. The van der Waals surface area contributed by atoms with Crippen LogP contribution in [-0.2, 0) is 6.54 Å². The predicted octanol–water partition coefficient (Wildman–Crippen LogP) is 2.47. The van der Waals surface area contributed by atoms with Crippen molar-refractivity contribution < 1.29 is 9.47 Å². The third kappa shape index (κ3) is 3.24. The number of nitrogens with zero attached hydrogens (tertiary/aromatic N) is 1. The molecule has 0 bridgehead atoms. The van der Waals surface area contributed by atoms with Crippen LogP contribution in [0.4, 0.5) is 0 Å². The molecule has 1 heterocycles. The monoisotopic (exact) mass is 233 g/mol. The predicted molar refractivity (Wildman–Crippen MR) is 68.6 cm³/mol. The standard InChI is InChI=1S/C14H19NO2/c1-3-4-7-15(2)11-12-5-6-13-14(10-12)17-9-8-16-13/h3-6,10H,7-9,11H2,1-2H3. The highest BCUT2D eigenvalue weighted by atomic mass is 16.6. The molecule has 17 heavy (non-hydrogen) atoms. The summed E-state index contributed by atoms with van der Waals surface area (Å²) in [5.41, 5.74) is 1.25. The second-order valence-corrected chi connectivity index (χ2v) is 4.24. The summed E-state index contributed by atoms with van der Waals surface area (Å²) in [7, 11) is 2.11. The Morgan fingerprint density at radius 1 is 1.24 bits per heavy atom. The van der Waals surface area contributed by atoms with Crippen LogP contribution in [0.15, 0.2) is 30.4 Å². The molecule has 0 amide bonds. The maximum atomic E-state index is 5.57. The quantitative estimate of drug-likeness (QED) is 0.746. The fraction of sp³-hybridized carbons (Fsp3) is 0.429. The fourth-order valence-corrected chi connectivity index (χ4v) is 1.85. The molecule has 2 rings (SSSR count). The van der Waals surface area contributed by atoms with Crippen molar-refractivity contribution in [1.29, 1.82) is 0 Å². The Morgan fingerprint density at radius 3 is 2.76 bits per heavy atom. The summed E-state index contributed by atoms with van der Waals surface area (Å²) in [5.74, 6) is 1.73. The van der Waals surface area contributed by atoms with Gasteiger partial charge in [-0.25, -0.2) is 0 Å². The minimum Gasteiger partial charge on any atom is -0.486 e. The molecule has 1 aliphatic heterocycles. The van der Waals surface area contributed by atoms with Crippen LogP contribution in [0.1, 0.15) is 12.5 Å². The number of allylic oxidation sites excluding steroid dienone is 1. The summed E-state index contributed by atoms with van der Waals surface area (Å²) in [6, 6.07) is 6.16. The first-order valence-corrected chi connectivity index (χ1v) is 5.98. The molecule has 0 radical (unpaired) electrons. The van der Waals surface area contributed by atoms with E-state index in [1.165, 1.54) is 5.56 Å². The van der Waals surface area contributed by atoms with Gasteiger partial charge in [-0.15, -0.1) is 0 Å².